The molecule has 3 rings (SSSR count). The minimum atomic E-state index is -0.576. The van der Waals surface area contributed by atoms with Crippen LogP contribution in [-0.2, 0) is 9.53 Å². The molecule has 0 aromatic heterocycles. The van der Waals surface area contributed by atoms with E-state index in [1.807, 2.05) is 0 Å². The van der Waals surface area contributed by atoms with Crippen molar-refractivity contribution < 1.29 is 19.1 Å². The Balaban J connectivity index is 1.62. The first-order valence-electron chi connectivity index (χ1n) is 7.10. The van der Waals surface area contributed by atoms with E-state index in [2.05, 4.69) is 0 Å². The summed E-state index contributed by atoms with van der Waals surface area (Å²) in [6.45, 7) is 0.828. The van der Waals surface area contributed by atoms with Gasteiger partial charge < -0.3 is 9.64 Å². The molecule has 7 heteroatoms. The number of amides is 3. The number of carbonyl (C=O) groups is 3. The fourth-order valence-corrected chi connectivity index (χ4v) is 2.95. The molecule has 6 nitrogen and oxygen atoms in total. The number of nitrogens with zero attached hydrogens (tertiary/aromatic N) is 2. The second-order valence-corrected chi connectivity index (χ2v) is 5.79. The first kappa shape index (κ1) is 14.8. The van der Waals surface area contributed by atoms with Crippen molar-refractivity contribution in [2.75, 3.05) is 19.7 Å². The second kappa shape index (κ2) is 5.96. The van der Waals surface area contributed by atoms with Crippen LogP contribution in [0, 0.1) is 0 Å². The van der Waals surface area contributed by atoms with Gasteiger partial charge in [0.1, 0.15) is 0 Å². The predicted molar refractivity (Wildman–Crippen MR) is 78.6 cm³/mol. The smallest absolute Gasteiger partial charge is 0.417 e. The van der Waals surface area contributed by atoms with Crippen LogP contribution in [-0.4, -0.2) is 53.4 Å². The number of benzene rings is 1. The van der Waals surface area contributed by atoms with E-state index in [4.69, 9.17) is 16.3 Å². The zero-order chi connectivity index (χ0) is 15.7. The van der Waals surface area contributed by atoms with Crippen LogP contribution < -0.4 is 0 Å². The summed E-state index contributed by atoms with van der Waals surface area (Å²) in [5.41, 5.74) is 0.583. The third-order valence-electron chi connectivity index (χ3n) is 3.99. The Morgan fingerprint density at radius 2 is 1.77 bits per heavy atom. The highest BCUT2D eigenvalue weighted by molar-refractivity contribution is 6.30. The van der Waals surface area contributed by atoms with Gasteiger partial charge in [-0.15, -0.1) is 0 Å². The van der Waals surface area contributed by atoms with Crippen molar-refractivity contribution in [3.63, 3.8) is 0 Å². The lowest BCUT2D eigenvalue weighted by molar-refractivity contribution is -0.127. The molecule has 0 unspecified atom stereocenters. The standard InChI is InChI=1S/C15H15ClN2O4/c16-11-3-1-10(2-4-11)14(20)17-7-5-12(6-8-17)18-13(19)9-22-15(18)21/h1-4,12H,5-9H2. The van der Waals surface area contributed by atoms with E-state index < -0.39 is 6.09 Å². The Bertz CT molecular complexity index is 592. The van der Waals surface area contributed by atoms with E-state index in [0.29, 0.717) is 36.5 Å². The van der Waals surface area contributed by atoms with Crippen LogP contribution in [0.1, 0.15) is 23.2 Å². The molecule has 2 heterocycles. The Morgan fingerprint density at radius 3 is 2.32 bits per heavy atom. The molecule has 2 saturated heterocycles. The van der Waals surface area contributed by atoms with Gasteiger partial charge in [0.25, 0.3) is 11.8 Å². The molecule has 22 heavy (non-hydrogen) atoms. The average Bonchev–Trinajstić information content (AvgIpc) is 2.86. The Morgan fingerprint density at radius 1 is 1.14 bits per heavy atom. The topological polar surface area (TPSA) is 66.9 Å². The number of carbonyl (C=O) groups excluding carboxylic acids is 3. The zero-order valence-corrected chi connectivity index (χ0v) is 12.6. The van der Waals surface area contributed by atoms with Gasteiger partial charge in [0.2, 0.25) is 0 Å². The first-order valence-corrected chi connectivity index (χ1v) is 7.48. The molecule has 1 aromatic rings. The van der Waals surface area contributed by atoms with Crippen LogP contribution in [0.25, 0.3) is 0 Å². The number of hydrogen-bond donors (Lipinski definition) is 0. The first-order chi connectivity index (χ1) is 10.6. The van der Waals surface area contributed by atoms with Crippen molar-refractivity contribution in [1.29, 1.82) is 0 Å². The van der Waals surface area contributed by atoms with Crippen molar-refractivity contribution in [2.24, 2.45) is 0 Å². The summed E-state index contributed by atoms with van der Waals surface area (Å²) in [6, 6.07) is 6.56. The van der Waals surface area contributed by atoms with E-state index in [9.17, 15) is 14.4 Å². The van der Waals surface area contributed by atoms with Crippen LogP contribution in [0.5, 0.6) is 0 Å². The quantitative estimate of drug-likeness (QED) is 0.834. The number of likely N-dealkylation sites (tertiary alicyclic amines) is 1. The van der Waals surface area contributed by atoms with Crippen LogP contribution in [0.3, 0.4) is 0 Å². The molecule has 116 valence electrons. The van der Waals surface area contributed by atoms with Gasteiger partial charge in [0.05, 0.1) is 0 Å². The highest BCUT2D eigenvalue weighted by Gasteiger charge is 2.39. The predicted octanol–water partition coefficient (Wildman–Crippen LogP) is 1.92. The number of imide groups is 1. The van der Waals surface area contributed by atoms with Gasteiger partial charge in [-0.05, 0) is 37.1 Å². The highest BCUT2D eigenvalue weighted by Crippen LogP contribution is 2.22. The minimum Gasteiger partial charge on any atom is -0.439 e. The maximum Gasteiger partial charge on any atom is 0.417 e. The fourth-order valence-electron chi connectivity index (χ4n) is 2.82. The van der Waals surface area contributed by atoms with Gasteiger partial charge in [-0.25, -0.2) is 9.69 Å². The van der Waals surface area contributed by atoms with Crippen molar-refractivity contribution >= 4 is 29.5 Å². The summed E-state index contributed by atoms with van der Waals surface area (Å²) < 4.78 is 4.73. The summed E-state index contributed by atoms with van der Waals surface area (Å²) in [7, 11) is 0. The van der Waals surface area contributed by atoms with Gasteiger partial charge >= 0.3 is 6.09 Å². The van der Waals surface area contributed by atoms with Crippen LogP contribution in [0.4, 0.5) is 4.79 Å². The summed E-state index contributed by atoms with van der Waals surface area (Å²) in [6.07, 6.45) is 0.563. The number of halogens is 1. The highest BCUT2D eigenvalue weighted by atomic mass is 35.5. The van der Waals surface area contributed by atoms with E-state index in [1.54, 1.807) is 29.2 Å². The van der Waals surface area contributed by atoms with E-state index in [1.165, 1.54) is 4.90 Å². The fraction of sp³-hybridized carbons (Fsp3) is 0.400. The van der Waals surface area contributed by atoms with E-state index in [0.717, 1.165) is 0 Å². The molecule has 0 saturated carbocycles. The molecular weight excluding hydrogens is 308 g/mol. The monoisotopic (exact) mass is 322 g/mol. The third kappa shape index (κ3) is 2.78. The maximum atomic E-state index is 12.4. The Hall–Kier alpha value is -2.08. The lowest BCUT2D eigenvalue weighted by Gasteiger charge is -2.34. The van der Waals surface area contributed by atoms with Crippen LogP contribution >= 0.6 is 11.6 Å². The van der Waals surface area contributed by atoms with Crippen molar-refractivity contribution in [1.82, 2.24) is 9.80 Å². The van der Waals surface area contributed by atoms with Gasteiger partial charge in [-0.1, -0.05) is 11.6 Å². The normalized spacial score (nSPS) is 19.5. The molecule has 0 bridgehead atoms. The lowest BCUT2D eigenvalue weighted by Crippen LogP contribution is -2.48. The number of cyclic esters (lactones) is 1. The molecule has 2 aliphatic rings. The van der Waals surface area contributed by atoms with Crippen LogP contribution in [0.2, 0.25) is 5.02 Å². The molecule has 0 atom stereocenters. The summed E-state index contributed by atoms with van der Waals surface area (Å²) >= 11 is 5.82. The van der Waals surface area contributed by atoms with E-state index >= 15 is 0 Å². The van der Waals surface area contributed by atoms with Crippen molar-refractivity contribution in [2.45, 2.75) is 18.9 Å². The summed E-state index contributed by atoms with van der Waals surface area (Å²) in [5, 5.41) is 0.585. The number of hydrogen-bond acceptors (Lipinski definition) is 4. The zero-order valence-electron chi connectivity index (χ0n) is 11.8. The molecule has 1 aromatic carbocycles. The number of piperidine rings is 1. The summed E-state index contributed by atoms with van der Waals surface area (Å²) in [5.74, 6) is -0.363. The van der Waals surface area contributed by atoms with Gasteiger partial charge in [0, 0.05) is 29.7 Å². The molecule has 2 fully saturated rings. The van der Waals surface area contributed by atoms with Crippen LogP contribution in [0.15, 0.2) is 24.3 Å². The van der Waals surface area contributed by atoms with E-state index in [-0.39, 0.29) is 24.5 Å². The molecule has 3 amide bonds. The molecule has 0 aliphatic carbocycles. The average molecular weight is 323 g/mol. The SMILES string of the molecule is O=C(c1ccc(Cl)cc1)N1CCC(N2C(=O)COC2=O)CC1. The molecule has 0 N–H and O–H groups in total. The number of ether oxygens (including phenoxy) is 1. The largest absolute Gasteiger partial charge is 0.439 e. The second-order valence-electron chi connectivity index (χ2n) is 5.35. The molecular formula is C15H15ClN2O4. The minimum absolute atomic E-state index is 0.0644. The molecule has 2 aliphatic heterocycles. The maximum absolute atomic E-state index is 12.4. The third-order valence-corrected chi connectivity index (χ3v) is 4.24. The van der Waals surface area contributed by atoms with Gasteiger partial charge in [0.15, 0.2) is 6.61 Å². The molecule has 0 spiro atoms. The number of rotatable bonds is 2. The Kier molecular flexibility index (Phi) is 4.02. The van der Waals surface area contributed by atoms with Gasteiger partial charge in [-0.2, -0.15) is 0 Å². The molecule has 0 radical (unpaired) electrons. The lowest BCUT2D eigenvalue weighted by atomic mass is 10.0. The Labute approximate surface area is 132 Å². The van der Waals surface area contributed by atoms with Gasteiger partial charge in [-0.3, -0.25) is 9.59 Å². The van der Waals surface area contributed by atoms with Crippen molar-refractivity contribution in [3.8, 4) is 0 Å². The van der Waals surface area contributed by atoms with Crippen molar-refractivity contribution in [3.05, 3.63) is 34.9 Å². The summed E-state index contributed by atoms with van der Waals surface area (Å²) in [4.78, 5) is 38.5.